The second kappa shape index (κ2) is 5.04. The number of rotatable bonds is 3. The molecule has 0 radical (unpaired) electrons. The summed E-state index contributed by atoms with van der Waals surface area (Å²) < 4.78 is 1.76. The number of aromatic hydroxyl groups is 1. The van der Waals surface area contributed by atoms with Crippen LogP contribution < -0.4 is 0 Å². The Hall–Kier alpha value is -3.08. The number of H-pyrrole nitrogens is 1. The summed E-state index contributed by atoms with van der Waals surface area (Å²) in [7, 11) is 0. The third kappa shape index (κ3) is 2.13. The number of fused-ring (bicyclic) bond motifs is 1. The fourth-order valence-corrected chi connectivity index (χ4v) is 2.58. The summed E-state index contributed by atoms with van der Waals surface area (Å²) in [6, 6.07) is 15.7. The first-order valence-electron chi connectivity index (χ1n) is 7.04. The number of nitrogens with one attached hydrogen (secondary N) is 1. The summed E-state index contributed by atoms with van der Waals surface area (Å²) >= 11 is 0. The van der Waals surface area contributed by atoms with Gasteiger partial charge in [-0.05, 0) is 18.2 Å². The number of aromatic amines is 1. The highest BCUT2D eigenvalue weighted by atomic mass is 16.3. The van der Waals surface area contributed by atoms with Gasteiger partial charge in [0.25, 0.3) is 0 Å². The van der Waals surface area contributed by atoms with E-state index in [-0.39, 0.29) is 5.88 Å². The van der Waals surface area contributed by atoms with Crippen molar-refractivity contribution in [2.45, 2.75) is 6.54 Å². The molecule has 0 aliphatic rings. The molecule has 0 saturated heterocycles. The van der Waals surface area contributed by atoms with E-state index < -0.39 is 0 Å². The van der Waals surface area contributed by atoms with Gasteiger partial charge in [0.05, 0.1) is 28.8 Å². The first kappa shape index (κ1) is 12.6. The number of hydrogen-bond donors (Lipinski definition) is 2. The van der Waals surface area contributed by atoms with Crippen LogP contribution >= 0.6 is 0 Å². The Labute approximate surface area is 126 Å². The molecular formula is C17H14N4O. The van der Waals surface area contributed by atoms with E-state index in [1.165, 1.54) is 0 Å². The van der Waals surface area contributed by atoms with Crippen molar-refractivity contribution in [2.75, 3.05) is 0 Å². The van der Waals surface area contributed by atoms with Gasteiger partial charge in [-0.15, -0.1) is 0 Å². The van der Waals surface area contributed by atoms with E-state index in [0.29, 0.717) is 6.54 Å². The summed E-state index contributed by atoms with van der Waals surface area (Å²) in [5.41, 5.74) is 3.66. The van der Waals surface area contributed by atoms with Gasteiger partial charge in [-0.3, -0.25) is 10.1 Å². The van der Waals surface area contributed by atoms with Crippen LogP contribution in [0.4, 0.5) is 0 Å². The van der Waals surface area contributed by atoms with Crippen LogP contribution in [0, 0.1) is 0 Å². The Morgan fingerprint density at radius 3 is 2.77 bits per heavy atom. The van der Waals surface area contributed by atoms with Crippen molar-refractivity contribution in [2.24, 2.45) is 0 Å². The minimum Gasteiger partial charge on any atom is -0.494 e. The van der Waals surface area contributed by atoms with Crippen LogP contribution in [-0.4, -0.2) is 24.9 Å². The molecule has 3 aromatic heterocycles. The maximum Gasteiger partial charge on any atom is 0.201 e. The second-order valence-corrected chi connectivity index (χ2v) is 5.16. The van der Waals surface area contributed by atoms with E-state index >= 15 is 0 Å². The summed E-state index contributed by atoms with van der Waals surface area (Å²) in [5, 5.41) is 18.4. The van der Waals surface area contributed by atoms with Gasteiger partial charge in [0, 0.05) is 18.0 Å². The molecule has 1 aromatic carbocycles. The zero-order valence-corrected chi connectivity index (χ0v) is 11.8. The summed E-state index contributed by atoms with van der Waals surface area (Å²) in [6.45, 7) is 0.516. The fourth-order valence-electron chi connectivity index (χ4n) is 2.58. The van der Waals surface area contributed by atoms with Crippen molar-refractivity contribution < 1.29 is 5.11 Å². The summed E-state index contributed by atoms with van der Waals surface area (Å²) in [5.74, 6) is 0.221. The van der Waals surface area contributed by atoms with Crippen molar-refractivity contribution in [3.63, 3.8) is 0 Å². The molecule has 4 rings (SSSR count). The van der Waals surface area contributed by atoms with E-state index in [0.717, 1.165) is 27.9 Å². The van der Waals surface area contributed by atoms with Crippen LogP contribution in [0.15, 0.2) is 60.9 Å². The topological polar surface area (TPSA) is 66.7 Å². The lowest BCUT2D eigenvalue weighted by Crippen LogP contribution is -1.97. The average molecular weight is 290 g/mol. The molecule has 0 atom stereocenters. The van der Waals surface area contributed by atoms with Crippen molar-refractivity contribution >= 4 is 10.9 Å². The molecule has 5 nitrogen and oxygen atoms in total. The quantitative estimate of drug-likeness (QED) is 0.609. The predicted octanol–water partition coefficient (Wildman–Crippen LogP) is 3.18. The largest absolute Gasteiger partial charge is 0.494 e. The average Bonchev–Trinajstić information content (AvgIpc) is 3.15. The molecular weight excluding hydrogens is 276 g/mol. The van der Waals surface area contributed by atoms with Crippen LogP contribution in [0.2, 0.25) is 0 Å². The van der Waals surface area contributed by atoms with Gasteiger partial charge in [-0.2, -0.15) is 5.10 Å². The highest BCUT2D eigenvalue weighted by molar-refractivity contribution is 5.84. The molecule has 0 aliphatic carbocycles. The number of aromatic nitrogens is 4. The number of hydrogen-bond acceptors (Lipinski definition) is 3. The molecule has 0 saturated carbocycles. The van der Waals surface area contributed by atoms with Gasteiger partial charge in [0.1, 0.15) is 0 Å². The van der Waals surface area contributed by atoms with E-state index in [4.69, 9.17) is 0 Å². The van der Waals surface area contributed by atoms with Gasteiger partial charge < -0.3 is 9.67 Å². The first-order chi connectivity index (χ1) is 10.8. The SMILES string of the molecule is Oc1c2cccnc2cn1Cc1cc(-c2ccccc2)n[nH]1. The Kier molecular flexibility index (Phi) is 2.89. The van der Waals surface area contributed by atoms with E-state index in [2.05, 4.69) is 15.2 Å². The maximum absolute atomic E-state index is 10.3. The normalized spacial score (nSPS) is 11.1. The zero-order chi connectivity index (χ0) is 14.9. The standard InChI is InChI=1S/C17H14N4O/c22-17-14-7-4-8-18-16(14)11-21(17)10-13-9-15(20-19-13)12-5-2-1-3-6-12/h1-9,11,22H,10H2,(H,19,20). The smallest absolute Gasteiger partial charge is 0.201 e. The molecule has 4 aromatic rings. The van der Waals surface area contributed by atoms with Crippen LogP contribution in [0.5, 0.6) is 5.88 Å². The first-order valence-corrected chi connectivity index (χ1v) is 7.04. The van der Waals surface area contributed by atoms with Crippen molar-refractivity contribution in [3.05, 3.63) is 66.6 Å². The predicted molar refractivity (Wildman–Crippen MR) is 84.5 cm³/mol. The van der Waals surface area contributed by atoms with Gasteiger partial charge in [-0.25, -0.2) is 0 Å². The molecule has 0 aliphatic heterocycles. The molecule has 0 fully saturated rings. The Morgan fingerprint density at radius 1 is 1.09 bits per heavy atom. The highest BCUT2D eigenvalue weighted by Crippen LogP contribution is 2.26. The lowest BCUT2D eigenvalue weighted by molar-refractivity contribution is 0.429. The fraction of sp³-hybridized carbons (Fsp3) is 0.0588. The zero-order valence-electron chi connectivity index (χ0n) is 11.8. The minimum absolute atomic E-state index is 0.221. The van der Waals surface area contributed by atoms with Crippen molar-refractivity contribution in [1.29, 1.82) is 0 Å². The maximum atomic E-state index is 10.3. The van der Waals surface area contributed by atoms with E-state index in [1.54, 1.807) is 10.8 Å². The monoisotopic (exact) mass is 290 g/mol. The molecule has 108 valence electrons. The van der Waals surface area contributed by atoms with Crippen molar-refractivity contribution in [3.8, 4) is 17.1 Å². The summed E-state index contributed by atoms with van der Waals surface area (Å²) in [6.07, 6.45) is 3.56. The molecule has 22 heavy (non-hydrogen) atoms. The Balaban J connectivity index is 1.66. The Bertz CT molecular complexity index is 924. The van der Waals surface area contributed by atoms with Crippen molar-refractivity contribution in [1.82, 2.24) is 19.7 Å². The lowest BCUT2D eigenvalue weighted by Gasteiger charge is -2.01. The number of pyridine rings is 1. The molecule has 2 N–H and O–H groups in total. The third-order valence-corrected chi connectivity index (χ3v) is 3.67. The number of nitrogens with zero attached hydrogens (tertiary/aromatic N) is 3. The van der Waals surface area contributed by atoms with Crippen LogP contribution in [0.1, 0.15) is 5.69 Å². The van der Waals surface area contributed by atoms with Crippen LogP contribution in [0.3, 0.4) is 0 Å². The van der Waals surface area contributed by atoms with E-state index in [9.17, 15) is 5.11 Å². The third-order valence-electron chi connectivity index (χ3n) is 3.67. The van der Waals surface area contributed by atoms with Gasteiger partial charge >= 0.3 is 0 Å². The van der Waals surface area contributed by atoms with Gasteiger partial charge in [0.15, 0.2) is 0 Å². The minimum atomic E-state index is 0.221. The molecule has 0 amide bonds. The van der Waals surface area contributed by atoms with Gasteiger partial charge in [0.2, 0.25) is 5.88 Å². The molecule has 0 unspecified atom stereocenters. The highest BCUT2D eigenvalue weighted by Gasteiger charge is 2.10. The molecule has 3 heterocycles. The van der Waals surface area contributed by atoms with Crippen LogP contribution in [-0.2, 0) is 6.54 Å². The Morgan fingerprint density at radius 2 is 1.95 bits per heavy atom. The van der Waals surface area contributed by atoms with Crippen LogP contribution in [0.25, 0.3) is 22.2 Å². The molecule has 0 spiro atoms. The van der Waals surface area contributed by atoms with Gasteiger partial charge in [-0.1, -0.05) is 30.3 Å². The summed E-state index contributed by atoms with van der Waals surface area (Å²) in [4.78, 5) is 4.25. The molecule has 5 heteroatoms. The molecule has 0 bridgehead atoms. The number of benzene rings is 1. The van der Waals surface area contributed by atoms with E-state index in [1.807, 2.05) is 54.7 Å². The second-order valence-electron chi connectivity index (χ2n) is 5.16. The lowest BCUT2D eigenvalue weighted by atomic mass is 10.1.